The Morgan fingerprint density at radius 1 is 1.56 bits per heavy atom. The number of benzene rings is 1. The number of carbonyl (C=O) groups is 1. The number of carboxylic acid groups (broad SMARTS) is 1. The zero-order valence-electron chi connectivity index (χ0n) is 8.33. The van der Waals surface area contributed by atoms with Crippen LogP contribution in [0.1, 0.15) is 5.82 Å². The Labute approximate surface area is 96.4 Å². The lowest BCUT2D eigenvalue weighted by atomic mass is 10.3. The van der Waals surface area contributed by atoms with Gasteiger partial charge < -0.3 is 15.4 Å². The molecule has 1 aromatic carbocycles. The molecule has 2 aromatic rings. The summed E-state index contributed by atoms with van der Waals surface area (Å²) in [7, 11) is 0. The number of nitrogens with zero attached hydrogens (tertiary/aromatic N) is 1. The van der Waals surface area contributed by atoms with Gasteiger partial charge in [-0.25, -0.2) is 9.78 Å². The monoisotopic (exact) mass is 239 g/mol. The Morgan fingerprint density at radius 3 is 3.12 bits per heavy atom. The molecule has 0 aliphatic heterocycles. The quantitative estimate of drug-likeness (QED) is 0.767. The Hall–Kier alpha value is -1.75. The van der Waals surface area contributed by atoms with Crippen LogP contribution in [0.2, 0.25) is 5.02 Å². The summed E-state index contributed by atoms with van der Waals surface area (Å²) in [6.07, 6.45) is -0.502. The summed E-state index contributed by atoms with van der Waals surface area (Å²) in [5.41, 5.74) is 1.69. The maximum absolute atomic E-state index is 10.2. The predicted molar refractivity (Wildman–Crippen MR) is 60.8 cm³/mol. The van der Waals surface area contributed by atoms with Crippen LogP contribution in [0.5, 0.6) is 0 Å². The highest BCUT2D eigenvalue weighted by atomic mass is 35.5. The van der Waals surface area contributed by atoms with E-state index in [0.29, 0.717) is 18.0 Å². The third-order valence-corrected chi connectivity index (χ3v) is 2.37. The van der Waals surface area contributed by atoms with Gasteiger partial charge in [-0.15, -0.1) is 0 Å². The van der Waals surface area contributed by atoms with Crippen LogP contribution in [-0.2, 0) is 6.42 Å². The molecular formula is C10H10ClN3O2. The van der Waals surface area contributed by atoms with Crippen LogP contribution in [0.4, 0.5) is 4.79 Å². The molecule has 0 radical (unpaired) electrons. The van der Waals surface area contributed by atoms with E-state index in [1.165, 1.54) is 0 Å². The second-order valence-electron chi connectivity index (χ2n) is 3.33. The first-order valence-electron chi connectivity index (χ1n) is 4.76. The number of nitrogens with one attached hydrogen (secondary N) is 2. The first-order chi connectivity index (χ1) is 7.65. The van der Waals surface area contributed by atoms with E-state index in [4.69, 9.17) is 16.7 Å². The van der Waals surface area contributed by atoms with E-state index >= 15 is 0 Å². The lowest BCUT2D eigenvalue weighted by molar-refractivity contribution is 0.194. The minimum atomic E-state index is -1.03. The van der Waals surface area contributed by atoms with Crippen molar-refractivity contribution in [1.82, 2.24) is 15.3 Å². The van der Waals surface area contributed by atoms with E-state index in [2.05, 4.69) is 15.3 Å². The van der Waals surface area contributed by atoms with Crippen molar-refractivity contribution in [2.45, 2.75) is 6.42 Å². The Bertz CT molecular complexity index is 524. The smallest absolute Gasteiger partial charge is 0.404 e. The zero-order chi connectivity index (χ0) is 11.5. The van der Waals surface area contributed by atoms with Gasteiger partial charge in [-0.1, -0.05) is 11.6 Å². The summed E-state index contributed by atoms with van der Waals surface area (Å²) < 4.78 is 0. The molecule has 84 valence electrons. The molecule has 0 unspecified atom stereocenters. The normalized spacial score (nSPS) is 10.6. The number of hydrogen-bond donors (Lipinski definition) is 3. The molecule has 0 fully saturated rings. The Kier molecular flexibility index (Phi) is 2.96. The largest absolute Gasteiger partial charge is 0.465 e. The summed E-state index contributed by atoms with van der Waals surface area (Å²) in [6.45, 7) is 0.336. The summed E-state index contributed by atoms with van der Waals surface area (Å²) in [4.78, 5) is 17.6. The SMILES string of the molecule is O=C(O)NCCc1nc2ccc(Cl)cc2[nH]1. The van der Waals surface area contributed by atoms with Gasteiger partial charge in [0.25, 0.3) is 0 Å². The van der Waals surface area contributed by atoms with E-state index in [9.17, 15) is 4.79 Å². The van der Waals surface area contributed by atoms with Crippen LogP contribution in [0.3, 0.4) is 0 Å². The highest BCUT2D eigenvalue weighted by Crippen LogP contribution is 2.17. The van der Waals surface area contributed by atoms with E-state index in [1.54, 1.807) is 12.1 Å². The molecule has 16 heavy (non-hydrogen) atoms. The maximum Gasteiger partial charge on any atom is 0.404 e. The van der Waals surface area contributed by atoms with Crippen molar-refractivity contribution in [3.63, 3.8) is 0 Å². The fraction of sp³-hybridized carbons (Fsp3) is 0.200. The van der Waals surface area contributed by atoms with Crippen molar-refractivity contribution in [1.29, 1.82) is 0 Å². The first kappa shape index (κ1) is 10.8. The standard InChI is InChI=1S/C10H10ClN3O2/c11-6-1-2-7-8(5-6)14-9(13-7)3-4-12-10(15)16/h1-2,5,12H,3-4H2,(H,13,14)(H,15,16). The molecule has 3 N–H and O–H groups in total. The minimum absolute atomic E-state index is 0.336. The fourth-order valence-corrected chi connectivity index (χ4v) is 1.61. The molecule has 0 saturated heterocycles. The van der Waals surface area contributed by atoms with Gasteiger partial charge in [0.2, 0.25) is 0 Å². The van der Waals surface area contributed by atoms with Crippen molar-refractivity contribution >= 4 is 28.7 Å². The third kappa shape index (κ3) is 2.43. The molecule has 0 atom stereocenters. The third-order valence-electron chi connectivity index (χ3n) is 2.13. The van der Waals surface area contributed by atoms with Gasteiger partial charge in [-0.3, -0.25) is 0 Å². The number of H-pyrrole nitrogens is 1. The average Bonchev–Trinajstić information content (AvgIpc) is 2.58. The molecule has 0 aliphatic rings. The van der Waals surface area contributed by atoms with Crippen LogP contribution >= 0.6 is 11.6 Å². The number of amides is 1. The van der Waals surface area contributed by atoms with Gasteiger partial charge in [0.15, 0.2) is 0 Å². The second-order valence-corrected chi connectivity index (χ2v) is 3.76. The summed E-state index contributed by atoms with van der Waals surface area (Å²) in [5, 5.41) is 11.3. The summed E-state index contributed by atoms with van der Waals surface area (Å²) in [6, 6.07) is 5.38. The number of hydrogen-bond acceptors (Lipinski definition) is 2. The zero-order valence-corrected chi connectivity index (χ0v) is 9.08. The molecule has 1 heterocycles. The Balaban J connectivity index is 2.10. The van der Waals surface area contributed by atoms with Gasteiger partial charge in [-0.2, -0.15) is 0 Å². The van der Waals surface area contributed by atoms with Crippen molar-refractivity contribution in [3.05, 3.63) is 29.0 Å². The topological polar surface area (TPSA) is 78.0 Å². The first-order valence-corrected chi connectivity index (χ1v) is 5.14. The molecule has 0 saturated carbocycles. The number of fused-ring (bicyclic) bond motifs is 1. The molecule has 1 aromatic heterocycles. The van der Waals surface area contributed by atoms with Gasteiger partial charge in [0.05, 0.1) is 11.0 Å². The van der Waals surface area contributed by atoms with Crippen LogP contribution in [0, 0.1) is 0 Å². The number of halogens is 1. The lowest BCUT2D eigenvalue weighted by Gasteiger charge is -1.96. The van der Waals surface area contributed by atoms with Crippen LogP contribution < -0.4 is 5.32 Å². The minimum Gasteiger partial charge on any atom is -0.465 e. The molecule has 1 amide bonds. The summed E-state index contributed by atoms with van der Waals surface area (Å²) in [5.74, 6) is 0.742. The van der Waals surface area contributed by atoms with Crippen LogP contribution in [0.25, 0.3) is 11.0 Å². The van der Waals surface area contributed by atoms with E-state index in [1.807, 2.05) is 6.07 Å². The number of imidazole rings is 1. The molecule has 6 heteroatoms. The maximum atomic E-state index is 10.2. The van der Waals surface area contributed by atoms with Crippen LogP contribution in [-0.4, -0.2) is 27.7 Å². The summed E-state index contributed by atoms with van der Waals surface area (Å²) >= 11 is 5.84. The van der Waals surface area contributed by atoms with Gasteiger partial charge >= 0.3 is 6.09 Å². The van der Waals surface area contributed by atoms with Gasteiger partial charge in [0.1, 0.15) is 5.82 Å². The molecule has 0 aliphatic carbocycles. The van der Waals surface area contributed by atoms with Gasteiger partial charge in [-0.05, 0) is 18.2 Å². The number of rotatable bonds is 3. The molecule has 5 nitrogen and oxygen atoms in total. The highest BCUT2D eigenvalue weighted by Gasteiger charge is 2.03. The fourth-order valence-electron chi connectivity index (χ4n) is 1.44. The van der Waals surface area contributed by atoms with Crippen LogP contribution in [0.15, 0.2) is 18.2 Å². The predicted octanol–water partition coefficient (Wildman–Crippen LogP) is 2.03. The second kappa shape index (κ2) is 4.40. The molecular weight excluding hydrogens is 230 g/mol. The van der Waals surface area contributed by atoms with Crippen molar-refractivity contribution in [2.24, 2.45) is 0 Å². The van der Waals surface area contributed by atoms with E-state index < -0.39 is 6.09 Å². The highest BCUT2D eigenvalue weighted by molar-refractivity contribution is 6.31. The van der Waals surface area contributed by atoms with Gasteiger partial charge in [0, 0.05) is 18.0 Å². The molecule has 0 spiro atoms. The van der Waals surface area contributed by atoms with E-state index in [0.717, 1.165) is 16.9 Å². The molecule has 2 rings (SSSR count). The van der Waals surface area contributed by atoms with Crippen molar-refractivity contribution in [3.8, 4) is 0 Å². The van der Waals surface area contributed by atoms with Crippen molar-refractivity contribution < 1.29 is 9.90 Å². The number of aromatic amines is 1. The number of aromatic nitrogens is 2. The lowest BCUT2D eigenvalue weighted by Crippen LogP contribution is -2.23. The van der Waals surface area contributed by atoms with E-state index in [-0.39, 0.29) is 0 Å². The molecule has 0 bridgehead atoms. The average molecular weight is 240 g/mol. The Morgan fingerprint density at radius 2 is 2.38 bits per heavy atom. The van der Waals surface area contributed by atoms with Crippen molar-refractivity contribution in [2.75, 3.05) is 6.54 Å².